The molecule has 0 unspecified atom stereocenters. The van der Waals surface area contributed by atoms with E-state index in [-0.39, 0.29) is 0 Å². The topological polar surface area (TPSA) is 61.5 Å². The summed E-state index contributed by atoms with van der Waals surface area (Å²) in [5.41, 5.74) is 6.00. The van der Waals surface area contributed by atoms with Crippen LogP contribution in [0.15, 0.2) is 92.7 Å². The van der Waals surface area contributed by atoms with Crippen LogP contribution < -0.4 is 5.43 Å². The van der Waals surface area contributed by atoms with Crippen molar-refractivity contribution in [1.82, 2.24) is 5.43 Å². The van der Waals surface area contributed by atoms with E-state index in [0.29, 0.717) is 12.2 Å². The highest BCUT2D eigenvalue weighted by Crippen LogP contribution is 2.13. The van der Waals surface area contributed by atoms with Gasteiger partial charge in [0.05, 0.1) is 25.0 Å². The summed E-state index contributed by atoms with van der Waals surface area (Å²) in [7, 11) is 1.59. The highest BCUT2D eigenvalue weighted by Gasteiger charge is 1.95. The maximum absolute atomic E-state index is 4.10. The van der Waals surface area contributed by atoms with Gasteiger partial charge < -0.3 is 0 Å². The minimum Gasteiger partial charge on any atom is -0.261 e. The van der Waals surface area contributed by atoms with Gasteiger partial charge in [0.2, 0.25) is 0 Å². The van der Waals surface area contributed by atoms with Crippen molar-refractivity contribution in [3.8, 4) is 0 Å². The van der Waals surface area contributed by atoms with Crippen LogP contribution in [0.1, 0.15) is 20.8 Å². The van der Waals surface area contributed by atoms with E-state index in [1.807, 2.05) is 57.2 Å². The Morgan fingerprint density at radius 2 is 1.77 bits per heavy atom. The van der Waals surface area contributed by atoms with Crippen LogP contribution in [0, 0.1) is 0 Å². The van der Waals surface area contributed by atoms with Gasteiger partial charge in [-0.25, -0.2) is 0 Å². The summed E-state index contributed by atoms with van der Waals surface area (Å²) in [6, 6.07) is 0. The SMILES string of the molecule is C=C(/C=C\C(=C/C)C(=C)/C=C\C(=C/C)N=NCC)NN=NC. The minimum absolute atomic E-state index is 0.646. The molecule has 0 spiro atoms. The second-order valence-corrected chi connectivity index (χ2v) is 4.14. The normalized spacial score (nSPS) is 13.8. The summed E-state index contributed by atoms with van der Waals surface area (Å²) in [4.78, 5) is 0. The summed E-state index contributed by atoms with van der Waals surface area (Å²) >= 11 is 0. The Bertz CT molecular complexity index is 545. The zero-order chi connectivity index (χ0) is 16.8. The molecule has 5 nitrogen and oxygen atoms in total. The molecule has 0 aliphatic carbocycles. The summed E-state index contributed by atoms with van der Waals surface area (Å²) in [5.74, 6) is 0. The van der Waals surface area contributed by atoms with Crippen LogP contribution in [-0.4, -0.2) is 13.6 Å². The van der Waals surface area contributed by atoms with Gasteiger partial charge in [-0.2, -0.15) is 15.3 Å². The maximum Gasteiger partial charge on any atom is 0.0810 e. The van der Waals surface area contributed by atoms with Crippen LogP contribution in [0.2, 0.25) is 0 Å². The molecular formula is C17H25N5. The molecule has 0 fully saturated rings. The van der Waals surface area contributed by atoms with E-state index in [2.05, 4.69) is 39.1 Å². The van der Waals surface area contributed by atoms with Crippen LogP contribution in [-0.2, 0) is 0 Å². The fraction of sp³-hybridized carbons (Fsp3) is 0.294. The molecule has 0 amide bonds. The average molecular weight is 299 g/mol. The number of hydrogen-bond acceptors (Lipinski definition) is 4. The van der Waals surface area contributed by atoms with E-state index >= 15 is 0 Å². The molecule has 5 heteroatoms. The minimum atomic E-state index is 0.646. The average Bonchev–Trinajstić information content (AvgIpc) is 2.53. The summed E-state index contributed by atoms with van der Waals surface area (Å²) in [6.45, 7) is 14.4. The molecule has 0 saturated heterocycles. The fourth-order valence-electron chi connectivity index (χ4n) is 1.35. The van der Waals surface area contributed by atoms with Crippen molar-refractivity contribution in [2.24, 2.45) is 20.6 Å². The van der Waals surface area contributed by atoms with Gasteiger partial charge in [0.1, 0.15) is 0 Å². The third-order valence-corrected chi connectivity index (χ3v) is 2.52. The molecule has 1 N–H and O–H groups in total. The zero-order valence-corrected chi connectivity index (χ0v) is 13.9. The lowest BCUT2D eigenvalue weighted by Gasteiger charge is -2.02. The smallest absolute Gasteiger partial charge is 0.0810 e. The lowest BCUT2D eigenvalue weighted by atomic mass is 10.1. The zero-order valence-electron chi connectivity index (χ0n) is 13.9. The molecule has 0 aromatic rings. The molecular weight excluding hydrogens is 274 g/mol. The van der Waals surface area contributed by atoms with Crippen molar-refractivity contribution in [1.29, 1.82) is 0 Å². The quantitative estimate of drug-likeness (QED) is 0.360. The molecule has 0 aliphatic heterocycles. The lowest BCUT2D eigenvalue weighted by Crippen LogP contribution is -1.99. The van der Waals surface area contributed by atoms with Crippen molar-refractivity contribution in [2.45, 2.75) is 20.8 Å². The van der Waals surface area contributed by atoms with E-state index in [1.165, 1.54) is 0 Å². The predicted molar refractivity (Wildman–Crippen MR) is 93.4 cm³/mol. The Kier molecular flexibility index (Phi) is 10.8. The maximum atomic E-state index is 4.10. The Morgan fingerprint density at radius 1 is 1.05 bits per heavy atom. The van der Waals surface area contributed by atoms with Crippen molar-refractivity contribution in [2.75, 3.05) is 13.6 Å². The molecule has 22 heavy (non-hydrogen) atoms. The number of nitrogens with zero attached hydrogens (tertiary/aromatic N) is 4. The van der Waals surface area contributed by atoms with Gasteiger partial charge in [0.15, 0.2) is 0 Å². The van der Waals surface area contributed by atoms with E-state index < -0.39 is 0 Å². The monoisotopic (exact) mass is 299 g/mol. The summed E-state index contributed by atoms with van der Waals surface area (Å²) in [5, 5.41) is 15.3. The van der Waals surface area contributed by atoms with Crippen LogP contribution >= 0.6 is 0 Å². The lowest BCUT2D eigenvalue weighted by molar-refractivity contribution is 0.824. The Labute approximate surface area is 133 Å². The van der Waals surface area contributed by atoms with E-state index in [9.17, 15) is 0 Å². The first-order valence-corrected chi connectivity index (χ1v) is 7.08. The van der Waals surface area contributed by atoms with Crippen LogP contribution in [0.5, 0.6) is 0 Å². The molecule has 0 rings (SSSR count). The fourth-order valence-corrected chi connectivity index (χ4v) is 1.35. The van der Waals surface area contributed by atoms with Gasteiger partial charge in [-0.15, -0.1) is 0 Å². The van der Waals surface area contributed by atoms with E-state index in [1.54, 1.807) is 7.05 Å². The van der Waals surface area contributed by atoms with Crippen molar-refractivity contribution < 1.29 is 0 Å². The van der Waals surface area contributed by atoms with Crippen molar-refractivity contribution >= 4 is 0 Å². The number of allylic oxidation sites excluding steroid dienone is 8. The van der Waals surface area contributed by atoms with Crippen molar-refractivity contribution in [3.63, 3.8) is 0 Å². The van der Waals surface area contributed by atoms with Crippen molar-refractivity contribution in [3.05, 3.63) is 72.2 Å². The Hall–Kier alpha value is -2.56. The second-order valence-electron chi connectivity index (χ2n) is 4.14. The molecule has 118 valence electrons. The first-order chi connectivity index (χ1) is 10.6. The van der Waals surface area contributed by atoms with Crippen LogP contribution in [0.25, 0.3) is 0 Å². The van der Waals surface area contributed by atoms with Gasteiger partial charge in [-0.05, 0) is 44.1 Å². The molecule has 0 aromatic heterocycles. The molecule has 0 atom stereocenters. The van der Waals surface area contributed by atoms with Gasteiger partial charge >= 0.3 is 0 Å². The highest BCUT2D eigenvalue weighted by atomic mass is 15.4. The Balaban J connectivity index is 4.83. The van der Waals surface area contributed by atoms with Crippen LogP contribution in [0.4, 0.5) is 0 Å². The highest BCUT2D eigenvalue weighted by molar-refractivity contribution is 5.46. The first-order valence-electron chi connectivity index (χ1n) is 7.08. The van der Waals surface area contributed by atoms with Gasteiger partial charge in [0.25, 0.3) is 0 Å². The third kappa shape index (κ3) is 8.58. The second kappa shape index (κ2) is 12.2. The molecule has 0 saturated carbocycles. The Morgan fingerprint density at radius 3 is 2.32 bits per heavy atom. The van der Waals surface area contributed by atoms with Gasteiger partial charge in [-0.3, -0.25) is 5.43 Å². The molecule has 0 heterocycles. The van der Waals surface area contributed by atoms with E-state index in [0.717, 1.165) is 16.8 Å². The molecule has 0 aliphatic rings. The largest absolute Gasteiger partial charge is 0.261 e. The third-order valence-electron chi connectivity index (χ3n) is 2.52. The number of hydrogen-bond donors (Lipinski definition) is 1. The van der Waals surface area contributed by atoms with E-state index in [4.69, 9.17) is 0 Å². The number of rotatable bonds is 9. The van der Waals surface area contributed by atoms with Crippen LogP contribution in [0.3, 0.4) is 0 Å². The molecule has 0 aromatic carbocycles. The summed E-state index contributed by atoms with van der Waals surface area (Å²) < 4.78 is 0. The van der Waals surface area contributed by atoms with Gasteiger partial charge in [-0.1, -0.05) is 42.7 Å². The predicted octanol–water partition coefficient (Wildman–Crippen LogP) is 5.08. The molecule has 0 bridgehead atoms. The first kappa shape index (κ1) is 19.4. The standard InChI is InChI=1S/C17H25N5/c1-7-16(12-11-15(5)20-22-18-6)14(4)10-13-17(8-2)21-19-9-3/h7-8,10-13H,4-5,9H2,1-3,6H3,(H,18,20)/b12-11-,13-10-,16-7+,17-8+,21-19?. The van der Waals surface area contributed by atoms with Gasteiger partial charge in [0, 0.05) is 0 Å². The summed E-state index contributed by atoms with van der Waals surface area (Å²) in [6.07, 6.45) is 11.4. The number of azo groups is 1. The number of nitrogens with one attached hydrogen (secondary N) is 1. The molecule has 0 radical (unpaired) electrons.